The molecule has 0 aliphatic rings. The molecule has 11 rings (SSSR count). The molecule has 11 aromatic rings. The van der Waals surface area contributed by atoms with Gasteiger partial charge in [-0.05, 0) is 90.0 Å². The largest absolute Gasteiger partial charge is 0.135 e. The number of hydrogen-bond acceptors (Lipinski definition) is 2. The van der Waals surface area contributed by atoms with Crippen LogP contribution in [0.3, 0.4) is 0 Å². The van der Waals surface area contributed by atoms with Gasteiger partial charge in [-0.15, -0.1) is 22.7 Å². The Hall–Kier alpha value is -5.80. The number of fused-ring (bicyclic) bond motifs is 10. The van der Waals surface area contributed by atoms with Crippen LogP contribution in [0.15, 0.2) is 170 Å². The summed E-state index contributed by atoms with van der Waals surface area (Å²) in [7, 11) is 0. The summed E-state index contributed by atoms with van der Waals surface area (Å²) in [5.74, 6) is 0. The minimum absolute atomic E-state index is 1.25. The van der Waals surface area contributed by atoms with Gasteiger partial charge in [0, 0.05) is 40.3 Å². The zero-order chi connectivity index (χ0) is 32.8. The molecule has 2 heterocycles. The van der Waals surface area contributed by atoms with Crippen LogP contribution >= 0.6 is 22.7 Å². The van der Waals surface area contributed by atoms with E-state index >= 15 is 0 Å². The van der Waals surface area contributed by atoms with Gasteiger partial charge < -0.3 is 0 Å². The second-order valence-electron chi connectivity index (χ2n) is 13.1. The maximum Gasteiger partial charge on any atom is 0.0448 e. The maximum atomic E-state index is 2.44. The average molecular weight is 669 g/mol. The Bertz CT molecular complexity index is 3080. The molecule has 232 valence electrons. The predicted molar refractivity (Wildman–Crippen MR) is 221 cm³/mol. The van der Waals surface area contributed by atoms with Crippen LogP contribution in [-0.4, -0.2) is 0 Å². The maximum absolute atomic E-state index is 2.44. The highest BCUT2D eigenvalue weighted by molar-refractivity contribution is 7.29. The monoisotopic (exact) mass is 668 g/mol. The molecular weight excluding hydrogens is 641 g/mol. The zero-order valence-corrected chi connectivity index (χ0v) is 28.6. The van der Waals surface area contributed by atoms with Crippen molar-refractivity contribution < 1.29 is 0 Å². The SMILES string of the molecule is c1ccc(-c2c3ccccc3c(-c3ccc(-c4ccc5sc6ccc7c8ccccc8sc7c6c5c4)c4ccccc34)c3ccccc23)cc1. The first kappa shape index (κ1) is 28.1. The molecule has 0 fully saturated rings. The Morgan fingerprint density at radius 1 is 0.280 bits per heavy atom. The lowest BCUT2D eigenvalue weighted by atomic mass is 9.84. The zero-order valence-electron chi connectivity index (χ0n) is 27.0. The summed E-state index contributed by atoms with van der Waals surface area (Å²) in [5, 5.41) is 13.1. The fourth-order valence-corrected chi connectivity index (χ4v) is 10.7. The normalized spacial score (nSPS) is 12.0. The van der Waals surface area contributed by atoms with E-state index in [0.29, 0.717) is 0 Å². The van der Waals surface area contributed by atoms with Crippen molar-refractivity contribution in [2.75, 3.05) is 0 Å². The van der Waals surface area contributed by atoms with Gasteiger partial charge >= 0.3 is 0 Å². The van der Waals surface area contributed by atoms with Gasteiger partial charge in [-0.2, -0.15) is 0 Å². The second kappa shape index (κ2) is 10.9. The smallest absolute Gasteiger partial charge is 0.0448 e. The van der Waals surface area contributed by atoms with E-state index in [1.54, 1.807) is 0 Å². The Kier molecular flexibility index (Phi) is 6.09. The van der Waals surface area contributed by atoms with E-state index in [-0.39, 0.29) is 0 Å². The van der Waals surface area contributed by atoms with Crippen LogP contribution in [0.5, 0.6) is 0 Å². The quantitative estimate of drug-likeness (QED) is 0.164. The molecule has 0 saturated heterocycles. The highest BCUT2D eigenvalue weighted by Gasteiger charge is 2.20. The van der Waals surface area contributed by atoms with Crippen molar-refractivity contribution in [3.05, 3.63) is 170 Å². The molecule has 50 heavy (non-hydrogen) atoms. The molecule has 0 unspecified atom stereocenters. The van der Waals surface area contributed by atoms with Crippen molar-refractivity contribution in [3.8, 4) is 33.4 Å². The van der Waals surface area contributed by atoms with E-state index in [0.717, 1.165) is 0 Å². The molecule has 0 radical (unpaired) electrons. The third kappa shape index (κ3) is 4.04. The van der Waals surface area contributed by atoms with Crippen LogP contribution in [0.2, 0.25) is 0 Å². The minimum atomic E-state index is 1.25. The van der Waals surface area contributed by atoms with Crippen LogP contribution in [0.1, 0.15) is 0 Å². The molecule has 9 aromatic carbocycles. The number of hydrogen-bond donors (Lipinski definition) is 0. The first-order valence-corrected chi connectivity index (χ1v) is 18.7. The Morgan fingerprint density at radius 3 is 1.54 bits per heavy atom. The highest BCUT2D eigenvalue weighted by Crippen LogP contribution is 2.48. The van der Waals surface area contributed by atoms with Gasteiger partial charge in [0.2, 0.25) is 0 Å². The fourth-order valence-electron chi connectivity index (χ4n) is 8.31. The Labute approximate surface area is 297 Å². The van der Waals surface area contributed by atoms with Gasteiger partial charge in [0.25, 0.3) is 0 Å². The van der Waals surface area contributed by atoms with E-state index in [1.807, 2.05) is 22.7 Å². The third-order valence-corrected chi connectivity index (χ3v) is 12.8. The molecule has 0 atom stereocenters. The van der Waals surface area contributed by atoms with Crippen LogP contribution < -0.4 is 0 Å². The van der Waals surface area contributed by atoms with Gasteiger partial charge in [0.15, 0.2) is 0 Å². The summed E-state index contributed by atoms with van der Waals surface area (Å²) >= 11 is 3.82. The molecule has 0 aliphatic carbocycles. The summed E-state index contributed by atoms with van der Waals surface area (Å²) in [6.07, 6.45) is 0. The van der Waals surface area contributed by atoms with Crippen molar-refractivity contribution >= 4 is 95.3 Å². The summed E-state index contributed by atoms with van der Waals surface area (Å²) in [6, 6.07) is 63.0. The van der Waals surface area contributed by atoms with Crippen molar-refractivity contribution in [2.24, 2.45) is 0 Å². The molecule has 2 heteroatoms. The summed E-state index contributed by atoms with van der Waals surface area (Å²) < 4.78 is 5.44. The molecule has 0 aliphatic heterocycles. The first-order valence-electron chi connectivity index (χ1n) is 17.1. The molecule has 0 saturated carbocycles. The Morgan fingerprint density at radius 2 is 0.820 bits per heavy atom. The topological polar surface area (TPSA) is 0 Å². The summed E-state index contributed by atoms with van der Waals surface area (Å²) in [6.45, 7) is 0. The first-order chi connectivity index (χ1) is 24.8. The average Bonchev–Trinajstić information content (AvgIpc) is 3.75. The minimum Gasteiger partial charge on any atom is -0.135 e. The van der Waals surface area contributed by atoms with Crippen molar-refractivity contribution in [1.82, 2.24) is 0 Å². The number of benzene rings is 9. The van der Waals surface area contributed by atoms with Crippen molar-refractivity contribution in [2.45, 2.75) is 0 Å². The van der Waals surface area contributed by atoms with Crippen LogP contribution in [0, 0.1) is 0 Å². The van der Waals surface area contributed by atoms with Crippen molar-refractivity contribution in [3.63, 3.8) is 0 Å². The molecule has 2 aromatic heterocycles. The van der Waals surface area contributed by atoms with E-state index in [9.17, 15) is 0 Å². The molecular formula is C48H28S2. The van der Waals surface area contributed by atoms with Gasteiger partial charge in [0.05, 0.1) is 0 Å². The fraction of sp³-hybridized carbons (Fsp3) is 0. The molecule has 0 nitrogen and oxygen atoms in total. The highest BCUT2D eigenvalue weighted by atomic mass is 32.1. The standard InChI is InChI=1S/C48H28S2/c1-2-12-29(13-3-1)45-35-17-6-8-19-37(35)46(38-20-9-7-18-36(38)45)39-24-23-31(32-14-4-5-15-33(32)39)30-22-26-43-41(28-30)47-44(49-43)27-25-40-34-16-10-11-21-42(34)50-48(40)47/h1-28H. The van der Waals surface area contributed by atoms with Gasteiger partial charge in [-0.3, -0.25) is 0 Å². The predicted octanol–water partition coefficient (Wildman–Crippen LogP) is 14.9. The van der Waals surface area contributed by atoms with Gasteiger partial charge in [-0.25, -0.2) is 0 Å². The van der Waals surface area contributed by atoms with Crippen LogP contribution in [-0.2, 0) is 0 Å². The molecule has 0 N–H and O–H groups in total. The summed E-state index contributed by atoms with van der Waals surface area (Å²) in [4.78, 5) is 0. The Balaban J connectivity index is 1.17. The van der Waals surface area contributed by atoms with Gasteiger partial charge in [-0.1, -0.05) is 146 Å². The van der Waals surface area contributed by atoms with E-state index in [1.165, 1.54) is 106 Å². The van der Waals surface area contributed by atoms with E-state index in [2.05, 4.69) is 170 Å². The van der Waals surface area contributed by atoms with E-state index < -0.39 is 0 Å². The molecule has 0 bridgehead atoms. The number of thiophene rings is 2. The van der Waals surface area contributed by atoms with E-state index in [4.69, 9.17) is 0 Å². The second-order valence-corrected chi connectivity index (χ2v) is 15.3. The lowest BCUT2D eigenvalue weighted by molar-refractivity contribution is 1.66. The summed E-state index contributed by atoms with van der Waals surface area (Å²) in [5.41, 5.74) is 7.63. The lowest BCUT2D eigenvalue weighted by Crippen LogP contribution is -1.92. The number of rotatable bonds is 3. The van der Waals surface area contributed by atoms with Crippen molar-refractivity contribution in [1.29, 1.82) is 0 Å². The molecule has 0 spiro atoms. The van der Waals surface area contributed by atoms with Gasteiger partial charge in [0.1, 0.15) is 0 Å². The third-order valence-electron chi connectivity index (χ3n) is 10.5. The van der Waals surface area contributed by atoms with Crippen LogP contribution in [0.4, 0.5) is 0 Å². The molecule has 0 amide bonds. The van der Waals surface area contributed by atoms with Crippen LogP contribution in [0.25, 0.3) is 106 Å². The lowest BCUT2D eigenvalue weighted by Gasteiger charge is -2.19.